The molecule has 6 aromatic rings. The van der Waals surface area contributed by atoms with Crippen LogP contribution >= 0.6 is 0 Å². The minimum absolute atomic E-state index is 0.155. The molecule has 0 atom stereocenters. The van der Waals surface area contributed by atoms with Gasteiger partial charge in [-0.25, -0.2) is 8.78 Å². The lowest BCUT2D eigenvalue weighted by atomic mass is 9.88. The van der Waals surface area contributed by atoms with Gasteiger partial charge >= 0.3 is 0 Å². The van der Waals surface area contributed by atoms with E-state index in [1.807, 2.05) is 18.2 Å². The lowest BCUT2D eigenvalue weighted by Crippen LogP contribution is -2.14. The lowest BCUT2D eigenvalue weighted by molar-refractivity contribution is 0.0130. The summed E-state index contributed by atoms with van der Waals surface area (Å²) >= 11 is 0. The molecule has 1 aliphatic carbocycles. The van der Waals surface area contributed by atoms with Crippen LogP contribution in [0.1, 0.15) is 11.1 Å². The standard InChI is InChI=1S/C33H22F2/c34-33(35)19-23-16-15-22(17-24(23)20-33)26-11-5-13-29-28(26)12-6-14-31(29)32-18-21-7-1-2-8-25(21)27-9-3-4-10-30(27)32/h1-18H,19-20H2. The maximum atomic E-state index is 14.0. The Morgan fingerprint density at radius 1 is 0.457 bits per heavy atom. The molecule has 0 spiro atoms. The van der Waals surface area contributed by atoms with Gasteiger partial charge in [-0.05, 0) is 71.8 Å². The van der Waals surface area contributed by atoms with Crippen molar-refractivity contribution < 1.29 is 8.78 Å². The zero-order chi connectivity index (χ0) is 23.6. The Morgan fingerprint density at radius 3 is 1.89 bits per heavy atom. The number of hydrogen-bond donors (Lipinski definition) is 0. The first-order valence-corrected chi connectivity index (χ1v) is 12.0. The second-order valence-corrected chi connectivity index (χ2v) is 9.59. The molecule has 0 N–H and O–H groups in total. The average molecular weight is 457 g/mol. The largest absolute Gasteiger partial charge is 0.256 e. The topological polar surface area (TPSA) is 0 Å². The number of benzene rings is 6. The SMILES string of the molecule is FC1(F)Cc2ccc(-c3cccc4c(-c5cc6ccccc6c6ccccc56)cccc34)cc2C1. The molecule has 0 unspecified atom stereocenters. The van der Waals surface area contributed by atoms with E-state index >= 15 is 0 Å². The van der Waals surface area contributed by atoms with E-state index in [-0.39, 0.29) is 12.8 Å². The molecule has 0 aromatic heterocycles. The van der Waals surface area contributed by atoms with Crippen molar-refractivity contribution in [2.75, 3.05) is 0 Å². The molecule has 0 radical (unpaired) electrons. The summed E-state index contributed by atoms with van der Waals surface area (Å²) in [5, 5.41) is 7.23. The van der Waals surface area contributed by atoms with E-state index in [1.165, 1.54) is 32.7 Å². The van der Waals surface area contributed by atoms with Gasteiger partial charge in [-0.3, -0.25) is 0 Å². The van der Waals surface area contributed by atoms with Gasteiger partial charge in [0.15, 0.2) is 0 Å². The fourth-order valence-electron chi connectivity index (χ4n) is 5.82. The van der Waals surface area contributed by atoms with Gasteiger partial charge in [-0.1, -0.05) is 103 Å². The fourth-order valence-corrected chi connectivity index (χ4v) is 5.82. The van der Waals surface area contributed by atoms with Crippen LogP contribution in [-0.2, 0) is 12.8 Å². The number of hydrogen-bond acceptors (Lipinski definition) is 0. The Morgan fingerprint density at radius 2 is 1.06 bits per heavy atom. The normalized spacial score (nSPS) is 14.6. The van der Waals surface area contributed by atoms with Crippen molar-refractivity contribution in [3.63, 3.8) is 0 Å². The first-order chi connectivity index (χ1) is 17.1. The van der Waals surface area contributed by atoms with E-state index < -0.39 is 5.92 Å². The van der Waals surface area contributed by atoms with E-state index in [4.69, 9.17) is 0 Å². The van der Waals surface area contributed by atoms with Gasteiger partial charge in [0, 0.05) is 12.8 Å². The highest BCUT2D eigenvalue weighted by Crippen LogP contribution is 2.41. The van der Waals surface area contributed by atoms with Crippen molar-refractivity contribution in [3.8, 4) is 22.3 Å². The first kappa shape index (κ1) is 20.3. The van der Waals surface area contributed by atoms with E-state index in [2.05, 4.69) is 91.0 Å². The highest BCUT2D eigenvalue weighted by molar-refractivity contribution is 6.17. The Balaban J connectivity index is 1.47. The number of fused-ring (bicyclic) bond motifs is 5. The van der Waals surface area contributed by atoms with E-state index in [0.717, 1.165) is 33.0 Å². The predicted octanol–water partition coefficient (Wildman–Crippen LogP) is 9.21. The summed E-state index contributed by atoms with van der Waals surface area (Å²) < 4.78 is 28.0. The maximum absolute atomic E-state index is 14.0. The van der Waals surface area contributed by atoms with Gasteiger partial charge in [-0.15, -0.1) is 0 Å². The summed E-state index contributed by atoms with van der Waals surface area (Å²) in [6.07, 6.45) is -0.327. The second-order valence-electron chi connectivity index (χ2n) is 9.59. The third-order valence-corrected chi connectivity index (χ3v) is 7.40. The van der Waals surface area contributed by atoms with E-state index in [1.54, 1.807) is 0 Å². The molecule has 1 aliphatic rings. The van der Waals surface area contributed by atoms with Crippen molar-refractivity contribution >= 4 is 32.3 Å². The lowest BCUT2D eigenvalue weighted by Gasteiger charge is -2.15. The molecular weight excluding hydrogens is 434 g/mol. The van der Waals surface area contributed by atoms with Crippen molar-refractivity contribution in [2.24, 2.45) is 0 Å². The molecule has 35 heavy (non-hydrogen) atoms. The molecule has 0 aliphatic heterocycles. The van der Waals surface area contributed by atoms with Crippen LogP contribution in [-0.4, -0.2) is 5.92 Å². The highest BCUT2D eigenvalue weighted by Gasteiger charge is 2.37. The van der Waals surface area contributed by atoms with Crippen LogP contribution in [0.25, 0.3) is 54.6 Å². The number of alkyl halides is 2. The van der Waals surface area contributed by atoms with E-state index in [9.17, 15) is 8.78 Å². The summed E-state index contributed by atoms with van der Waals surface area (Å²) in [5.41, 5.74) is 5.98. The molecule has 6 aromatic carbocycles. The fraction of sp³-hybridized carbons (Fsp3) is 0.0909. The quantitative estimate of drug-likeness (QED) is 0.228. The molecule has 168 valence electrons. The minimum Gasteiger partial charge on any atom is -0.206 e. The van der Waals surface area contributed by atoms with Gasteiger partial charge in [0.2, 0.25) is 0 Å². The number of rotatable bonds is 2. The van der Waals surface area contributed by atoms with Gasteiger partial charge in [0.25, 0.3) is 5.92 Å². The van der Waals surface area contributed by atoms with Crippen molar-refractivity contribution in [2.45, 2.75) is 18.8 Å². The maximum Gasteiger partial charge on any atom is 0.256 e. The molecule has 0 bridgehead atoms. The van der Waals surface area contributed by atoms with Gasteiger partial charge in [0.05, 0.1) is 0 Å². The van der Waals surface area contributed by atoms with Gasteiger partial charge in [0.1, 0.15) is 0 Å². The Hall–Kier alpha value is -4.04. The molecule has 0 heterocycles. The van der Waals surface area contributed by atoms with Crippen LogP contribution in [0.3, 0.4) is 0 Å². The Labute approximate surface area is 202 Å². The van der Waals surface area contributed by atoms with Crippen LogP contribution in [0, 0.1) is 0 Å². The summed E-state index contributed by atoms with van der Waals surface area (Å²) in [6.45, 7) is 0. The summed E-state index contributed by atoms with van der Waals surface area (Å²) in [5.74, 6) is -2.63. The van der Waals surface area contributed by atoms with Crippen LogP contribution in [0.5, 0.6) is 0 Å². The van der Waals surface area contributed by atoms with Crippen molar-refractivity contribution in [1.82, 2.24) is 0 Å². The summed E-state index contributed by atoms with van der Waals surface area (Å²) in [6, 6.07) is 38.0. The zero-order valence-electron chi connectivity index (χ0n) is 19.1. The Bertz CT molecular complexity index is 1780. The minimum atomic E-state index is -2.63. The molecule has 7 rings (SSSR count). The molecule has 0 amide bonds. The molecule has 0 saturated carbocycles. The molecule has 0 saturated heterocycles. The van der Waals surface area contributed by atoms with E-state index in [0.29, 0.717) is 0 Å². The van der Waals surface area contributed by atoms with Crippen LogP contribution in [0.15, 0.2) is 109 Å². The second kappa shape index (κ2) is 7.48. The highest BCUT2D eigenvalue weighted by atomic mass is 19.3. The van der Waals surface area contributed by atoms with Crippen LogP contribution in [0.4, 0.5) is 8.78 Å². The predicted molar refractivity (Wildman–Crippen MR) is 142 cm³/mol. The molecule has 0 fully saturated rings. The zero-order valence-corrected chi connectivity index (χ0v) is 19.1. The van der Waals surface area contributed by atoms with Crippen LogP contribution < -0.4 is 0 Å². The monoisotopic (exact) mass is 456 g/mol. The third-order valence-electron chi connectivity index (χ3n) is 7.40. The number of halogens is 2. The van der Waals surface area contributed by atoms with Gasteiger partial charge in [-0.2, -0.15) is 0 Å². The third kappa shape index (κ3) is 3.24. The van der Waals surface area contributed by atoms with Crippen molar-refractivity contribution in [1.29, 1.82) is 0 Å². The first-order valence-electron chi connectivity index (χ1n) is 12.0. The molecule has 2 heteroatoms. The van der Waals surface area contributed by atoms with Crippen molar-refractivity contribution in [3.05, 3.63) is 120 Å². The summed E-state index contributed by atoms with van der Waals surface area (Å²) in [7, 11) is 0. The average Bonchev–Trinajstić information content (AvgIpc) is 3.20. The molecular formula is C33H22F2. The van der Waals surface area contributed by atoms with Gasteiger partial charge < -0.3 is 0 Å². The summed E-state index contributed by atoms with van der Waals surface area (Å²) in [4.78, 5) is 0. The Kier molecular flexibility index (Phi) is 4.35. The smallest absolute Gasteiger partial charge is 0.206 e. The molecule has 0 nitrogen and oxygen atoms in total. The van der Waals surface area contributed by atoms with Crippen LogP contribution in [0.2, 0.25) is 0 Å².